The minimum atomic E-state index is -0.151. The van der Waals surface area contributed by atoms with E-state index in [1.54, 1.807) is 0 Å². The summed E-state index contributed by atoms with van der Waals surface area (Å²) in [5, 5.41) is 7.97. The number of hydrazine groups is 1. The van der Waals surface area contributed by atoms with Crippen LogP contribution in [-0.4, -0.2) is 21.9 Å². The lowest BCUT2D eigenvalue weighted by molar-refractivity contribution is -0.121. The quantitative estimate of drug-likeness (QED) is 0.217. The number of nitrogens with zero attached hydrogens (tertiary/aromatic N) is 2. The van der Waals surface area contributed by atoms with Crippen LogP contribution >= 0.6 is 23.1 Å². The predicted octanol–water partition coefficient (Wildman–Crippen LogP) is -0.0175. The normalized spacial score (nSPS) is 10.1. The van der Waals surface area contributed by atoms with Crippen molar-refractivity contribution >= 4 is 34.1 Å². The summed E-state index contributed by atoms with van der Waals surface area (Å²) < 4.78 is 0.829. The smallest absolute Gasteiger partial charge is 0.233 e. The highest BCUT2D eigenvalue weighted by Gasteiger charge is 2.02. The van der Waals surface area contributed by atoms with Crippen molar-refractivity contribution in [3.63, 3.8) is 0 Å². The monoisotopic (exact) mass is 233 g/mol. The summed E-state index contributed by atoms with van der Waals surface area (Å²) >= 11 is 2.88. The largest absolute Gasteiger partial charge is 0.374 e. The van der Waals surface area contributed by atoms with Gasteiger partial charge in [-0.1, -0.05) is 23.1 Å². The number of hydrogen-bond acceptors (Lipinski definition) is 7. The van der Waals surface area contributed by atoms with Crippen LogP contribution < -0.4 is 17.0 Å². The van der Waals surface area contributed by atoms with E-state index in [9.17, 15) is 4.79 Å². The van der Waals surface area contributed by atoms with Gasteiger partial charge in [-0.15, -0.1) is 10.2 Å². The minimum absolute atomic E-state index is 0.151. The van der Waals surface area contributed by atoms with E-state index in [4.69, 9.17) is 11.6 Å². The number of nitrogens with two attached hydrogens (primary N) is 2. The SMILES string of the molecule is NNC(=O)CCCSc1nnc(N)s1. The van der Waals surface area contributed by atoms with Gasteiger partial charge < -0.3 is 5.73 Å². The molecule has 0 aliphatic heterocycles. The van der Waals surface area contributed by atoms with E-state index < -0.39 is 0 Å². The Morgan fingerprint density at radius 1 is 1.57 bits per heavy atom. The van der Waals surface area contributed by atoms with Crippen LogP contribution in [0.2, 0.25) is 0 Å². The molecule has 0 saturated heterocycles. The third-order valence-electron chi connectivity index (χ3n) is 1.36. The second-order valence-corrected chi connectivity index (χ2v) is 4.78. The molecule has 1 aromatic rings. The molecule has 14 heavy (non-hydrogen) atoms. The summed E-state index contributed by atoms with van der Waals surface area (Å²) in [7, 11) is 0. The van der Waals surface area contributed by atoms with Gasteiger partial charge >= 0.3 is 0 Å². The number of anilines is 1. The number of rotatable bonds is 5. The van der Waals surface area contributed by atoms with Crippen LogP contribution in [0.15, 0.2) is 4.34 Å². The molecule has 1 aromatic heterocycles. The third-order valence-corrected chi connectivity index (χ3v) is 3.33. The molecule has 0 saturated carbocycles. The zero-order valence-corrected chi connectivity index (χ0v) is 9.03. The molecule has 0 aliphatic rings. The Hall–Kier alpha value is -0.860. The molecule has 5 N–H and O–H groups in total. The van der Waals surface area contributed by atoms with Crippen LogP contribution in [0.1, 0.15) is 12.8 Å². The fourth-order valence-corrected chi connectivity index (χ4v) is 2.39. The first-order valence-electron chi connectivity index (χ1n) is 3.93. The first-order chi connectivity index (χ1) is 6.72. The number of amides is 1. The van der Waals surface area contributed by atoms with Crippen LogP contribution in [0.4, 0.5) is 5.13 Å². The summed E-state index contributed by atoms with van der Waals surface area (Å²) in [5.74, 6) is 5.58. The van der Waals surface area contributed by atoms with Crippen molar-refractivity contribution in [3.05, 3.63) is 0 Å². The predicted molar refractivity (Wildman–Crippen MR) is 56.6 cm³/mol. The van der Waals surface area contributed by atoms with Gasteiger partial charge in [-0.25, -0.2) is 5.84 Å². The third kappa shape index (κ3) is 3.90. The summed E-state index contributed by atoms with van der Waals surface area (Å²) in [6, 6.07) is 0. The van der Waals surface area contributed by atoms with Crippen molar-refractivity contribution in [2.75, 3.05) is 11.5 Å². The molecular weight excluding hydrogens is 222 g/mol. The van der Waals surface area contributed by atoms with Crippen LogP contribution in [0.5, 0.6) is 0 Å². The topological polar surface area (TPSA) is 107 Å². The molecule has 8 heteroatoms. The molecule has 1 amide bonds. The number of nitrogen functional groups attached to an aromatic ring is 1. The van der Waals surface area contributed by atoms with E-state index >= 15 is 0 Å². The number of nitrogens with one attached hydrogen (secondary N) is 1. The number of aromatic nitrogens is 2. The molecule has 0 radical (unpaired) electrons. The summed E-state index contributed by atoms with van der Waals surface area (Å²) in [6.07, 6.45) is 1.19. The van der Waals surface area contributed by atoms with E-state index in [2.05, 4.69) is 15.6 Å². The van der Waals surface area contributed by atoms with Gasteiger partial charge in [-0.2, -0.15) is 0 Å². The molecule has 0 aromatic carbocycles. The first kappa shape index (κ1) is 11.2. The van der Waals surface area contributed by atoms with Crippen molar-refractivity contribution < 1.29 is 4.79 Å². The Morgan fingerprint density at radius 2 is 2.36 bits per heavy atom. The van der Waals surface area contributed by atoms with Gasteiger partial charge in [0.25, 0.3) is 0 Å². The number of carbonyl (C=O) groups excluding carboxylic acids is 1. The first-order valence-corrected chi connectivity index (χ1v) is 5.74. The molecule has 1 rings (SSSR count). The molecule has 78 valence electrons. The molecule has 0 spiro atoms. The van der Waals surface area contributed by atoms with Gasteiger partial charge in [0, 0.05) is 12.2 Å². The standard InChI is InChI=1S/C6H11N5OS2/c7-5-10-11-6(14-5)13-3-1-2-4(12)9-8/h1-3,8H2,(H2,7,10)(H,9,12). The lowest BCUT2D eigenvalue weighted by Gasteiger charge is -1.97. The van der Waals surface area contributed by atoms with Gasteiger partial charge in [0.2, 0.25) is 11.0 Å². The van der Waals surface area contributed by atoms with Gasteiger partial charge in [-0.3, -0.25) is 10.2 Å². The highest BCUT2D eigenvalue weighted by molar-refractivity contribution is 8.01. The van der Waals surface area contributed by atoms with Crippen LogP contribution in [0.3, 0.4) is 0 Å². The van der Waals surface area contributed by atoms with Gasteiger partial charge in [0.15, 0.2) is 4.34 Å². The van der Waals surface area contributed by atoms with Crippen molar-refractivity contribution in [3.8, 4) is 0 Å². The minimum Gasteiger partial charge on any atom is -0.374 e. The highest BCUT2D eigenvalue weighted by Crippen LogP contribution is 2.24. The zero-order chi connectivity index (χ0) is 10.4. The van der Waals surface area contributed by atoms with Crippen molar-refractivity contribution in [2.45, 2.75) is 17.2 Å². The van der Waals surface area contributed by atoms with Crippen molar-refractivity contribution in [1.82, 2.24) is 15.6 Å². The molecule has 6 nitrogen and oxygen atoms in total. The second kappa shape index (κ2) is 5.78. The van der Waals surface area contributed by atoms with Gasteiger partial charge in [-0.05, 0) is 6.42 Å². The van der Waals surface area contributed by atoms with Crippen LogP contribution in [-0.2, 0) is 4.79 Å². The van der Waals surface area contributed by atoms with E-state index in [-0.39, 0.29) is 5.91 Å². The highest BCUT2D eigenvalue weighted by atomic mass is 32.2. The Balaban J connectivity index is 2.13. The average molecular weight is 233 g/mol. The number of hydrogen-bond donors (Lipinski definition) is 3. The van der Waals surface area contributed by atoms with Crippen LogP contribution in [0.25, 0.3) is 0 Å². The van der Waals surface area contributed by atoms with E-state index in [1.165, 1.54) is 23.1 Å². The Bertz CT molecular complexity index is 302. The molecule has 1 heterocycles. The zero-order valence-electron chi connectivity index (χ0n) is 7.40. The maximum Gasteiger partial charge on any atom is 0.233 e. The second-order valence-electron chi connectivity index (χ2n) is 2.43. The van der Waals surface area contributed by atoms with Gasteiger partial charge in [0.05, 0.1) is 0 Å². The van der Waals surface area contributed by atoms with Crippen molar-refractivity contribution in [1.29, 1.82) is 0 Å². The molecule has 0 bridgehead atoms. The fourth-order valence-electron chi connectivity index (χ4n) is 0.743. The molecular formula is C6H11N5OS2. The van der Waals surface area contributed by atoms with E-state index in [0.29, 0.717) is 11.6 Å². The molecule has 0 fully saturated rings. The number of carbonyl (C=O) groups is 1. The number of thioether (sulfide) groups is 1. The van der Waals surface area contributed by atoms with Gasteiger partial charge in [0.1, 0.15) is 0 Å². The maximum absolute atomic E-state index is 10.7. The Kier molecular flexibility index (Phi) is 4.63. The molecule has 0 atom stereocenters. The molecule has 0 aliphatic carbocycles. The average Bonchev–Trinajstić information content (AvgIpc) is 2.58. The summed E-state index contributed by atoms with van der Waals surface area (Å²) in [5.41, 5.74) is 7.48. The molecule has 0 unspecified atom stereocenters. The van der Waals surface area contributed by atoms with Crippen molar-refractivity contribution in [2.24, 2.45) is 5.84 Å². The summed E-state index contributed by atoms with van der Waals surface area (Å²) in [6.45, 7) is 0. The summed E-state index contributed by atoms with van der Waals surface area (Å²) in [4.78, 5) is 10.7. The fraction of sp³-hybridized carbons (Fsp3) is 0.500. The lowest BCUT2D eigenvalue weighted by Crippen LogP contribution is -2.29. The van der Waals surface area contributed by atoms with Crippen LogP contribution in [0, 0.1) is 0 Å². The Labute approximate surface area is 89.4 Å². The van der Waals surface area contributed by atoms with E-state index in [0.717, 1.165) is 16.5 Å². The Morgan fingerprint density at radius 3 is 2.93 bits per heavy atom. The van der Waals surface area contributed by atoms with E-state index in [1.807, 2.05) is 0 Å². The maximum atomic E-state index is 10.7. The lowest BCUT2D eigenvalue weighted by atomic mass is 10.3.